The van der Waals surface area contributed by atoms with Gasteiger partial charge < -0.3 is 10.0 Å². The molecule has 1 fully saturated rings. The fourth-order valence-corrected chi connectivity index (χ4v) is 2.70. The fourth-order valence-electron chi connectivity index (χ4n) is 2.70. The summed E-state index contributed by atoms with van der Waals surface area (Å²) in [5, 5.41) is 13.5. The van der Waals surface area contributed by atoms with Crippen LogP contribution in [0.3, 0.4) is 0 Å². The van der Waals surface area contributed by atoms with Crippen molar-refractivity contribution < 1.29 is 9.90 Å². The number of aliphatic hydroxyl groups is 1. The van der Waals surface area contributed by atoms with Crippen molar-refractivity contribution in [1.29, 1.82) is 0 Å². The molecule has 0 aromatic carbocycles. The van der Waals surface area contributed by atoms with Crippen LogP contribution in [0.25, 0.3) is 0 Å². The Hall–Kier alpha value is -1.69. The molecule has 1 unspecified atom stereocenters. The van der Waals surface area contributed by atoms with Gasteiger partial charge in [0.1, 0.15) is 5.56 Å². The minimum Gasteiger partial charge on any atom is -0.394 e. The van der Waals surface area contributed by atoms with Gasteiger partial charge in [0.05, 0.1) is 18.3 Å². The van der Waals surface area contributed by atoms with Crippen molar-refractivity contribution in [2.24, 2.45) is 7.05 Å². The normalized spacial score (nSPS) is 19.2. The van der Waals surface area contributed by atoms with Gasteiger partial charge in [0, 0.05) is 13.6 Å². The van der Waals surface area contributed by atoms with E-state index in [9.17, 15) is 14.7 Å². The molecule has 1 aromatic heterocycles. The van der Waals surface area contributed by atoms with Gasteiger partial charge in [-0.15, -0.1) is 0 Å². The zero-order chi connectivity index (χ0) is 14.9. The topological polar surface area (TPSA) is 75.4 Å². The van der Waals surface area contributed by atoms with Crippen LogP contribution < -0.4 is 5.56 Å². The summed E-state index contributed by atoms with van der Waals surface area (Å²) in [6, 6.07) is -0.186. The Morgan fingerprint density at radius 3 is 2.75 bits per heavy atom. The van der Waals surface area contributed by atoms with Gasteiger partial charge in [-0.2, -0.15) is 5.10 Å². The van der Waals surface area contributed by atoms with Crippen molar-refractivity contribution >= 4 is 5.91 Å². The minimum atomic E-state index is -0.375. The molecule has 0 saturated carbocycles. The maximum Gasteiger partial charge on any atom is 0.279 e. The molecule has 1 atom stereocenters. The number of amides is 1. The van der Waals surface area contributed by atoms with E-state index in [0.717, 1.165) is 19.3 Å². The highest BCUT2D eigenvalue weighted by molar-refractivity contribution is 5.95. The summed E-state index contributed by atoms with van der Waals surface area (Å²) >= 11 is 0. The van der Waals surface area contributed by atoms with Crippen LogP contribution in [0.5, 0.6) is 0 Å². The maximum atomic E-state index is 12.7. The van der Waals surface area contributed by atoms with E-state index < -0.39 is 0 Å². The van der Waals surface area contributed by atoms with Crippen LogP contribution in [-0.4, -0.2) is 44.9 Å². The predicted molar refractivity (Wildman–Crippen MR) is 74.7 cm³/mol. The molecule has 20 heavy (non-hydrogen) atoms. The summed E-state index contributed by atoms with van der Waals surface area (Å²) in [5.74, 6) is -0.285. The molecule has 1 aliphatic rings. The number of rotatable bonds is 2. The average Bonchev–Trinajstić information content (AvgIpc) is 2.45. The van der Waals surface area contributed by atoms with Crippen LogP contribution in [0.4, 0.5) is 0 Å². The molecule has 110 valence electrons. The third kappa shape index (κ3) is 2.47. The highest BCUT2D eigenvalue weighted by Crippen LogP contribution is 2.20. The van der Waals surface area contributed by atoms with Crippen LogP contribution in [0.2, 0.25) is 0 Å². The SMILES string of the molecule is Cc1nn(C)c(=O)c(C(=O)N2CCCCC2CO)c1C. The van der Waals surface area contributed by atoms with Crippen LogP contribution in [-0.2, 0) is 7.05 Å². The number of aryl methyl sites for hydroxylation is 2. The Kier molecular flexibility index (Phi) is 4.23. The van der Waals surface area contributed by atoms with Crippen LogP contribution >= 0.6 is 0 Å². The molecule has 6 heteroatoms. The lowest BCUT2D eigenvalue weighted by atomic mass is 10.0. The smallest absolute Gasteiger partial charge is 0.279 e. The van der Waals surface area contributed by atoms with E-state index in [1.54, 1.807) is 25.8 Å². The van der Waals surface area contributed by atoms with Gasteiger partial charge in [-0.1, -0.05) is 0 Å². The van der Waals surface area contributed by atoms with Crippen LogP contribution in [0, 0.1) is 13.8 Å². The number of likely N-dealkylation sites (tertiary alicyclic amines) is 1. The Morgan fingerprint density at radius 2 is 2.10 bits per heavy atom. The summed E-state index contributed by atoms with van der Waals surface area (Å²) in [4.78, 5) is 26.5. The molecule has 1 amide bonds. The largest absolute Gasteiger partial charge is 0.394 e. The van der Waals surface area contributed by atoms with Gasteiger partial charge in [0.2, 0.25) is 0 Å². The van der Waals surface area contributed by atoms with Gasteiger partial charge >= 0.3 is 0 Å². The number of carbonyl (C=O) groups excluding carboxylic acids is 1. The van der Waals surface area contributed by atoms with Gasteiger partial charge in [-0.05, 0) is 38.7 Å². The maximum absolute atomic E-state index is 12.7. The third-order valence-electron chi connectivity index (χ3n) is 4.04. The molecule has 1 N–H and O–H groups in total. The molecule has 1 saturated heterocycles. The number of aromatic nitrogens is 2. The summed E-state index contributed by atoms with van der Waals surface area (Å²) in [6.45, 7) is 4.06. The molecule has 1 aliphatic heterocycles. The molecule has 2 heterocycles. The first-order valence-corrected chi connectivity index (χ1v) is 6.93. The highest BCUT2D eigenvalue weighted by atomic mass is 16.3. The molecule has 0 spiro atoms. The molecule has 0 radical (unpaired) electrons. The van der Waals surface area contributed by atoms with E-state index in [1.165, 1.54) is 4.68 Å². The van der Waals surface area contributed by atoms with Crippen LogP contribution in [0.1, 0.15) is 40.9 Å². The van der Waals surface area contributed by atoms with Crippen LogP contribution in [0.15, 0.2) is 4.79 Å². The Balaban J connectivity index is 2.45. The Labute approximate surface area is 118 Å². The van der Waals surface area contributed by atoms with E-state index in [0.29, 0.717) is 17.8 Å². The van der Waals surface area contributed by atoms with Gasteiger partial charge in [0.15, 0.2) is 0 Å². The fraction of sp³-hybridized carbons (Fsp3) is 0.643. The number of hydrogen-bond acceptors (Lipinski definition) is 4. The standard InChI is InChI=1S/C14H21N3O3/c1-9-10(2)15-16(3)13(19)12(9)14(20)17-7-5-4-6-11(17)8-18/h11,18H,4-8H2,1-3H3. The van der Waals surface area contributed by atoms with Crippen molar-refractivity contribution in [3.63, 3.8) is 0 Å². The number of hydrogen-bond donors (Lipinski definition) is 1. The van der Waals surface area contributed by atoms with E-state index in [1.807, 2.05) is 0 Å². The third-order valence-corrected chi connectivity index (χ3v) is 4.04. The molecule has 0 bridgehead atoms. The summed E-state index contributed by atoms with van der Waals surface area (Å²) in [5.41, 5.74) is 1.11. The lowest BCUT2D eigenvalue weighted by Crippen LogP contribution is -2.48. The van der Waals surface area contributed by atoms with Gasteiger partial charge in [0.25, 0.3) is 11.5 Å². The second-order valence-corrected chi connectivity index (χ2v) is 5.34. The van der Waals surface area contributed by atoms with Crippen molar-refractivity contribution in [2.45, 2.75) is 39.2 Å². The first kappa shape index (κ1) is 14.7. The van der Waals surface area contributed by atoms with Crippen molar-refractivity contribution in [3.8, 4) is 0 Å². The van der Waals surface area contributed by atoms with E-state index >= 15 is 0 Å². The number of piperidine rings is 1. The Morgan fingerprint density at radius 1 is 1.40 bits per heavy atom. The van der Waals surface area contributed by atoms with E-state index in [4.69, 9.17) is 0 Å². The molecule has 0 aliphatic carbocycles. The number of aliphatic hydroxyl groups excluding tert-OH is 1. The molecule has 6 nitrogen and oxygen atoms in total. The number of nitrogens with zero attached hydrogens (tertiary/aromatic N) is 3. The quantitative estimate of drug-likeness (QED) is 0.849. The lowest BCUT2D eigenvalue weighted by molar-refractivity contribution is 0.0499. The second-order valence-electron chi connectivity index (χ2n) is 5.34. The highest BCUT2D eigenvalue weighted by Gasteiger charge is 2.30. The number of carbonyl (C=O) groups is 1. The van der Waals surface area contributed by atoms with Crippen molar-refractivity contribution in [2.75, 3.05) is 13.2 Å². The summed E-state index contributed by atoms with van der Waals surface area (Å²) in [7, 11) is 1.55. The summed E-state index contributed by atoms with van der Waals surface area (Å²) < 4.78 is 1.20. The first-order valence-electron chi connectivity index (χ1n) is 6.93. The predicted octanol–water partition coefficient (Wildman–Crippen LogP) is 0.384. The van der Waals surface area contributed by atoms with E-state index in [2.05, 4.69) is 5.10 Å². The lowest BCUT2D eigenvalue weighted by Gasteiger charge is -2.34. The van der Waals surface area contributed by atoms with E-state index in [-0.39, 0.29) is 29.7 Å². The minimum absolute atomic E-state index is 0.0603. The monoisotopic (exact) mass is 279 g/mol. The van der Waals surface area contributed by atoms with Gasteiger partial charge in [-0.25, -0.2) is 4.68 Å². The first-order chi connectivity index (χ1) is 9.47. The average molecular weight is 279 g/mol. The van der Waals surface area contributed by atoms with Crippen molar-refractivity contribution in [3.05, 3.63) is 27.2 Å². The zero-order valence-electron chi connectivity index (χ0n) is 12.2. The zero-order valence-corrected chi connectivity index (χ0v) is 12.2. The molecular formula is C14H21N3O3. The van der Waals surface area contributed by atoms with Crippen molar-refractivity contribution in [1.82, 2.24) is 14.7 Å². The molecule has 2 rings (SSSR count). The molecule has 1 aromatic rings. The molecular weight excluding hydrogens is 258 g/mol. The summed E-state index contributed by atoms with van der Waals surface area (Å²) in [6.07, 6.45) is 2.69. The Bertz CT molecular complexity index is 580. The second kappa shape index (κ2) is 5.75. The van der Waals surface area contributed by atoms with Gasteiger partial charge in [-0.3, -0.25) is 9.59 Å².